The number of rotatable bonds is 3. The van der Waals surface area contributed by atoms with Crippen molar-refractivity contribution in [2.24, 2.45) is 0 Å². The van der Waals surface area contributed by atoms with E-state index in [0.29, 0.717) is 5.92 Å². The minimum absolute atomic E-state index is 0.707. The Morgan fingerprint density at radius 2 is 2.42 bits per heavy atom. The summed E-state index contributed by atoms with van der Waals surface area (Å²) in [6.07, 6.45) is 7.00. The van der Waals surface area contributed by atoms with Crippen LogP contribution in [0.5, 0.6) is 0 Å². The Morgan fingerprint density at radius 3 is 3.00 bits per heavy atom. The van der Waals surface area contributed by atoms with Crippen molar-refractivity contribution in [1.82, 2.24) is 14.8 Å². The predicted octanol–water partition coefficient (Wildman–Crippen LogP) is 1.96. The van der Waals surface area contributed by atoms with Crippen LogP contribution in [0.3, 0.4) is 0 Å². The molecule has 1 aromatic heterocycles. The van der Waals surface area contributed by atoms with Crippen LogP contribution in [0.2, 0.25) is 0 Å². The zero-order chi connectivity index (χ0) is 8.39. The first-order valence-corrected chi connectivity index (χ1v) is 4.79. The molecule has 1 aliphatic carbocycles. The van der Waals surface area contributed by atoms with Crippen molar-refractivity contribution >= 4 is 0 Å². The SMILES string of the molecule is CCCn1cnnc1C1CCC1. The molecule has 0 radical (unpaired) electrons. The molecule has 0 unspecified atom stereocenters. The van der Waals surface area contributed by atoms with Crippen LogP contribution in [-0.4, -0.2) is 14.8 Å². The first-order chi connectivity index (χ1) is 5.92. The van der Waals surface area contributed by atoms with Crippen LogP contribution >= 0.6 is 0 Å². The molecule has 0 bridgehead atoms. The van der Waals surface area contributed by atoms with E-state index in [1.165, 1.54) is 25.1 Å². The zero-order valence-corrected chi connectivity index (χ0v) is 7.53. The molecule has 12 heavy (non-hydrogen) atoms. The maximum atomic E-state index is 4.17. The van der Waals surface area contributed by atoms with E-state index >= 15 is 0 Å². The molecule has 0 saturated heterocycles. The lowest BCUT2D eigenvalue weighted by atomic mass is 9.85. The van der Waals surface area contributed by atoms with Gasteiger partial charge in [0.25, 0.3) is 0 Å². The molecule has 3 nitrogen and oxygen atoms in total. The molecule has 0 aromatic carbocycles. The molecular formula is C9H15N3. The van der Waals surface area contributed by atoms with Crippen LogP contribution in [0.4, 0.5) is 0 Å². The summed E-state index contributed by atoms with van der Waals surface area (Å²) in [5.74, 6) is 1.92. The molecule has 1 heterocycles. The Hall–Kier alpha value is -0.860. The molecular weight excluding hydrogens is 150 g/mol. The summed E-state index contributed by atoms with van der Waals surface area (Å²) in [5.41, 5.74) is 0. The third-order valence-electron chi connectivity index (χ3n) is 2.58. The van der Waals surface area contributed by atoms with Crippen molar-refractivity contribution in [3.05, 3.63) is 12.2 Å². The quantitative estimate of drug-likeness (QED) is 0.685. The second kappa shape index (κ2) is 3.25. The van der Waals surface area contributed by atoms with E-state index in [9.17, 15) is 0 Å². The molecule has 0 aliphatic heterocycles. The average Bonchev–Trinajstić information content (AvgIpc) is 2.35. The van der Waals surface area contributed by atoms with Gasteiger partial charge in [-0.3, -0.25) is 0 Å². The fourth-order valence-corrected chi connectivity index (χ4v) is 1.66. The second-order valence-electron chi connectivity index (χ2n) is 3.51. The molecule has 66 valence electrons. The van der Waals surface area contributed by atoms with Crippen LogP contribution in [0.15, 0.2) is 6.33 Å². The molecule has 1 aliphatic rings. The van der Waals surface area contributed by atoms with Gasteiger partial charge < -0.3 is 4.57 Å². The van der Waals surface area contributed by atoms with Crippen molar-refractivity contribution in [2.45, 2.75) is 45.1 Å². The Kier molecular flexibility index (Phi) is 2.11. The summed E-state index contributed by atoms with van der Waals surface area (Å²) >= 11 is 0. The maximum absolute atomic E-state index is 4.17. The number of aromatic nitrogens is 3. The third-order valence-corrected chi connectivity index (χ3v) is 2.58. The topological polar surface area (TPSA) is 30.7 Å². The van der Waals surface area contributed by atoms with Crippen LogP contribution in [0.25, 0.3) is 0 Å². The monoisotopic (exact) mass is 165 g/mol. The highest BCUT2D eigenvalue weighted by molar-refractivity contribution is 5.00. The zero-order valence-electron chi connectivity index (χ0n) is 7.53. The smallest absolute Gasteiger partial charge is 0.135 e. The van der Waals surface area contributed by atoms with E-state index in [1.54, 1.807) is 0 Å². The molecule has 1 fully saturated rings. The minimum atomic E-state index is 0.707. The van der Waals surface area contributed by atoms with Gasteiger partial charge in [-0.25, -0.2) is 0 Å². The summed E-state index contributed by atoms with van der Waals surface area (Å²) in [6, 6.07) is 0. The molecule has 0 N–H and O–H groups in total. The van der Waals surface area contributed by atoms with E-state index in [4.69, 9.17) is 0 Å². The van der Waals surface area contributed by atoms with E-state index in [0.717, 1.165) is 13.0 Å². The molecule has 0 spiro atoms. The highest BCUT2D eigenvalue weighted by atomic mass is 15.3. The van der Waals surface area contributed by atoms with Crippen molar-refractivity contribution < 1.29 is 0 Å². The van der Waals surface area contributed by atoms with E-state index in [1.807, 2.05) is 6.33 Å². The highest BCUT2D eigenvalue weighted by Gasteiger charge is 2.23. The van der Waals surface area contributed by atoms with Crippen LogP contribution in [0.1, 0.15) is 44.3 Å². The number of nitrogens with zero attached hydrogens (tertiary/aromatic N) is 3. The summed E-state index contributed by atoms with van der Waals surface area (Å²) in [7, 11) is 0. The van der Waals surface area contributed by atoms with Crippen LogP contribution in [0, 0.1) is 0 Å². The number of hydrogen-bond donors (Lipinski definition) is 0. The van der Waals surface area contributed by atoms with Crippen molar-refractivity contribution in [3.63, 3.8) is 0 Å². The van der Waals surface area contributed by atoms with Crippen molar-refractivity contribution in [1.29, 1.82) is 0 Å². The summed E-state index contributed by atoms with van der Waals surface area (Å²) < 4.78 is 2.20. The standard InChI is InChI=1S/C9H15N3/c1-2-6-12-7-10-11-9(12)8-4-3-5-8/h7-8H,2-6H2,1H3. The van der Waals surface area contributed by atoms with Gasteiger partial charge in [0, 0.05) is 12.5 Å². The van der Waals surface area contributed by atoms with Gasteiger partial charge in [-0.1, -0.05) is 13.3 Å². The second-order valence-corrected chi connectivity index (χ2v) is 3.51. The van der Waals surface area contributed by atoms with Gasteiger partial charge in [-0.15, -0.1) is 10.2 Å². The van der Waals surface area contributed by atoms with E-state index in [2.05, 4.69) is 21.7 Å². The van der Waals surface area contributed by atoms with E-state index < -0.39 is 0 Å². The van der Waals surface area contributed by atoms with Gasteiger partial charge >= 0.3 is 0 Å². The summed E-state index contributed by atoms with van der Waals surface area (Å²) in [5, 5.41) is 8.13. The first-order valence-electron chi connectivity index (χ1n) is 4.79. The molecule has 0 atom stereocenters. The average molecular weight is 165 g/mol. The van der Waals surface area contributed by atoms with Crippen molar-refractivity contribution in [2.75, 3.05) is 0 Å². The lowest BCUT2D eigenvalue weighted by molar-refractivity contribution is 0.385. The molecule has 3 heteroatoms. The fraction of sp³-hybridized carbons (Fsp3) is 0.778. The summed E-state index contributed by atoms with van der Waals surface area (Å²) in [4.78, 5) is 0. The predicted molar refractivity (Wildman–Crippen MR) is 46.9 cm³/mol. The number of hydrogen-bond acceptors (Lipinski definition) is 2. The van der Waals surface area contributed by atoms with E-state index in [-0.39, 0.29) is 0 Å². The van der Waals surface area contributed by atoms with Crippen LogP contribution < -0.4 is 0 Å². The van der Waals surface area contributed by atoms with Gasteiger partial charge in [0.2, 0.25) is 0 Å². The Bertz CT molecular complexity index is 250. The Labute approximate surface area is 72.8 Å². The summed E-state index contributed by atoms with van der Waals surface area (Å²) in [6.45, 7) is 3.25. The molecule has 1 aromatic rings. The van der Waals surface area contributed by atoms with Gasteiger partial charge in [0.15, 0.2) is 0 Å². The lowest BCUT2D eigenvalue weighted by Crippen LogP contribution is -2.15. The van der Waals surface area contributed by atoms with Gasteiger partial charge in [0.1, 0.15) is 12.2 Å². The minimum Gasteiger partial charge on any atom is -0.317 e. The molecule has 0 amide bonds. The first kappa shape index (κ1) is 7.77. The third kappa shape index (κ3) is 1.24. The normalized spacial score (nSPS) is 17.8. The molecule has 2 rings (SSSR count). The number of aryl methyl sites for hydroxylation is 1. The lowest BCUT2D eigenvalue weighted by Gasteiger charge is -2.24. The Morgan fingerprint density at radius 1 is 1.58 bits per heavy atom. The molecule has 1 saturated carbocycles. The maximum Gasteiger partial charge on any atom is 0.135 e. The highest BCUT2D eigenvalue weighted by Crippen LogP contribution is 2.34. The van der Waals surface area contributed by atoms with Gasteiger partial charge in [0.05, 0.1) is 0 Å². The van der Waals surface area contributed by atoms with Gasteiger partial charge in [-0.05, 0) is 19.3 Å². The van der Waals surface area contributed by atoms with Crippen LogP contribution in [-0.2, 0) is 6.54 Å². The largest absolute Gasteiger partial charge is 0.317 e. The Balaban J connectivity index is 2.12. The van der Waals surface area contributed by atoms with Gasteiger partial charge in [-0.2, -0.15) is 0 Å². The fourth-order valence-electron chi connectivity index (χ4n) is 1.66. The van der Waals surface area contributed by atoms with Crippen molar-refractivity contribution in [3.8, 4) is 0 Å².